The molecule has 2 atom stereocenters. The zero-order valence-corrected chi connectivity index (χ0v) is 14.7. The molecule has 8 nitrogen and oxygen atoms in total. The number of hydrogen-bond acceptors (Lipinski definition) is 6. The van der Waals surface area contributed by atoms with E-state index in [1.165, 1.54) is 11.0 Å². The van der Waals surface area contributed by atoms with Gasteiger partial charge in [-0.1, -0.05) is 12.7 Å². The first-order valence-electron chi connectivity index (χ1n) is 7.71. The van der Waals surface area contributed by atoms with Crippen LogP contribution in [-0.4, -0.2) is 60.9 Å². The number of ether oxygens (including phenoxy) is 1. The molecule has 0 aromatic carbocycles. The van der Waals surface area contributed by atoms with E-state index in [4.69, 9.17) is 8.92 Å². The first-order chi connectivity index (χ1) is 11.3. The number of hydrogen-bond donors (Lipinski definition) is 1. The van der Waals surface area contributed by atoms with E-state index in [1.54, 1.807) is 6.20 Å². The first-order valence-corrected chi connectivity index (χ1v) is 9.53. The van der Waals surface area contributed by atoms with E-state index < -0.39 is 22.3 Å². The Hall–Kier alpha value is -1.87. The van der Waals surface area contributed by atoms with Gasteiger partial charge in [-0.05, 0) is 26.2 Å². The fourth-order valence-electron chi connectivity index (χ4n) is 2.82. The third-order valence-corrected chi connectivity index (χ3v) is 4.37. The van der Waals surface area contributed by atoms with Crippen LogP contribution in [0.15, 0.2) is 18.9 Å². The van der Waals surface area contributed by atoms with Gasteiger partial charge in [0, 0.05) is 17.9 Å². The summed E-state index contributed by atoms with van der Waals surface area (Å²) in [6.45, 7) is 5.68. The molecule has 1 aliphatic rings. The summed E-state index contributed by atoms with van der Waals surface area (Å²) < 4.78 is 32.8. The van der Waals surface area contributed by atoms with Crippen LogP contribution in [0.5, 0.6) is 0 Å². The average Bonchev–Trinajstić information content (AvgIpc) is 3.07. The van der Waals surface area contributed by atoms with Gasteiger partial charge in [0.25, 0.3) is 10.1 Å². The van der Waals surface area contributed by atoms with Crippen molar-refractivity contribution in [3.63, 3.8) is 0 Å². The van der Waals surface area contributed by atoms with Gasteiger partial charge >= 0.3 is 6.09 Å². The summed E-state index contributed by atoms with van der Waals surface area (Å²) in [4.78, 5) is 21.0. The molecule has 2 unspecified atom stereocenters. The number of carbonyl (C=O) groups excluding carboxylic acids is 1. The van der Waals surface area contributed by atoms with Gasteiger partial charge in [-0.2, -0.15) is 8.42 Å². The quantitative estimate of drug-likeness (QED) is 0.584. The molecule has 9 heteroatoms. The van der Waals surface area contributed by atoms with Crippen molar-refractivity contribution in [1.82, 2.24) is 14.9 Å². The second kappa shape index (κ2) is 7.80. The predicted octanol–water partition coefficient (Wildman–Crippen LogP) is 1.39. The van der Waals surface area contributed by atoms with Crippen molar-refractivity contribution in [2.45, 2.75) is 38.3 Å². The van der Waals surface area contributed by atoms with Crippen LogP contribution in [-0.2, 0) is 25.5 Å². The molecule has 0 radical (unpaired) electrons. The van der Waals surface area contributed by atoms with Gasteiger partial charge in [0.1, 0.15) is 12.4 Å². The Labute approximate surface area is 142 Å². The third kappa shape index (κ3) is 5.34. The summed E-state index contributed by atoms with van der Waals surface area (Å²) in [5.74, 6) is 0.831. The van der Waals surface area contributed by atoms with Crippen molar-refractivity contribution in [3.8, 4) is 0 Å². The van der Waals surface area contributed by atoms with E-state index in [9.17, 15) is 13.2 Å². The van der Waals surface area contributed by atoms with Gasteiger partial charge in [0.05, 0.1) is 18.9 Å². The summed E-state index contributed by atoms with van der Waals surface area (Å²) in [6, 6.07) is -0.155. The zero-order chi connectivity index (χ0) is 17.7. The number of amides is 1. The maximum Gasteiger partial charge on any atom is 0.410 e. The Morgan fingerprint density at radius 2 is 2.33 bits per heavy atom. The SMILES string of the molecule is C=CCOC(=O)N1CC(OS(C)(=O)=O)CC1CCc1cnc(C)[nH]1. The lowest BCUT2D eigenvalue weighted by Crippen LogP contribution is -2.37. The number of H-pyrrole nitrogens is 1. The van der Waals surface area contributed by atoms with Crippen molar-refractivity contribution < 1.29 is 22.1 Å². The molecule has 2 rings (SSSR count). The van der Waals surface area contributed by atoms with Crippen molar-refractivity contribution in [3.05, 3.63) is 30.4 Å². The Bertz CT molecular complexity index is 685. The third-order valence-electron chi connectivity index (χ3n) is 3.75. The van der Waals surface area contributed by atoms with Crippen LogP contribution in [0.3, 0.4) is 0 Å². The highest BCUT2D eigenvalue weighted by Gasteiger charge is 2.38. The van der Waals surface area contributed by atoms with E-state index in [0.717, 1.165) is 17.8 Å². The van der Waals surface area contributed by atoms with Crippen molar-refractivity contribution >= 4 is 16.2 Å². The molecule has 1 aromatic heterocycles. The van der Waals surface area contributed by atoms with Crippen LogP contribution in [0, 0.1) is 6.92 Å². The van der Waals surface area contributed by atoms with Gasteiger partial charge in [0.15, 0.2) is 0 Å². The summed E-state index contributed by atoms with van der Waals surface area (Å²) >= 11 is 0. The van der Waals surface area contributed by atoms with E-state index in [2.05, 4.69) is 16.5 Å². The van der Waals surface area contributed by atoms with Gasteiger partial charge in [-0.15, -0.1) is 0 Å². The van der Waals surface area contributed by atoms with Gasteiger partial charge in [-0.25, -0.2) is 9.78 Å². The maximum atomic E-state index is 12.2. The number of nitrogens with zero attached hydrogens (tertiary/aromatic N) is 2. The minimum atomic E-state index is -3.57. The van der Waals surface area contributed by atoms with Crippen LogP contribution in [0.1, 0.15) is 24.4 Å². The average molecular weight is 357 g/mol. The molecule has 0 spiro atoms. The fraction of sp³-hybridized carbons (Fsp3) is 0.600. The van der Waals surface area contributed by atoms with Crippen LogP contribution in [0.2, 0.25) is 0 Å². The molecule has 2 heterocycles. The standard InChI is InChI=1S/C15H23N3O5S/c1-4-7-22-15(19)18-10-14(23-24(3,20)21)8-13(18)6-5-12-9-16-11(2)17-12/h4,9,13-14H,1,5-8,10H2,2-3H3,(H,16,17). The van der Waals surface area contributed by atoms with Crippen LogP contribution < -0.4 is 0 Å². The molecule has 0 aliphatic carbocycles. The van der Waals surface area contributed by atoms with Crippen LogP contribution in [0.4, 0.5) is 4.79 Å². The molecular formula is C15H23N3O5S. The number of nitrogens with one attached hydrogen (secondary N) is 1. The molecule has 1 fully saturated rings. The van der Waals surface area contributed by atoms with Gasteiger partial charge in [0.2, 0.25) is 0 Å². The number of aryl methyl sites for hydroxylation is 2. The molecule has 0 saturated carbocycles. The van der Waals surface area contributed by atoms with Crippen LogP contribution in [0.25, 0.3) is 0 Å². The highest BCUT2D eigenvalue weighted by Crippen LogP contribution is 2.26. The minimum Gasteiger partial charge on any atom is -0.445 e. The molecular weight excluding hydrogens is 334 g/mol. The second-order valence-corrected chi connectivity index (χ2v) is 7.46. The van der Waals surface area contributed by atoms with Crippen LogP contribution >= 0.6 is 0 Å². The smallest absolute Gasteiger partial charge is 0.410 e. The normalized spacial score (nSPS) is 21.0. The molecule has 134 valence electrons. The molecule has 1 aliphatic heterocycles. The van der Waals surface area contributed by atoms with Gasteiger partial charge < -0.3 is 14.6 Å². The van der Waals surface area contributed by atoms with E-state index >= 15 is 0 Å². The monoisotopic (exact) mass is 357 g/mol. The van der Waals surface area contributed by atoms with Crippen molar-refractivity contribution in [2.75, 3.05) is 19.4 Å². The Morgan fingerprint density at radius 3 is 2.92 bits per heavy atom. The number of rotatable bonds is 7. The molecule has 1 amide bonds. The Morgan fingerprint density at radius 1 is 1.58 bits per heavy atom. The highest BCUT2D eigenvalue weighted by atomic mass is 32.2. The summed E-state index contributed by atoms with van der Waals surface area (Å²) in [5, 5.41) is 0. The lowest BCUT2D eigenvalue weighted by Gasteiger charge is -2.23. The molecule has 1 saturated heterocycles. The van der Waals surface area contributed by atoms with E-state index in [-0.39, 0.29) is 19.2 Å². The molecule has 1 aromatic rings. The summed E-state index contributed by atoms with van der Waals surface area (Å²) in [6.07, 6.45) is 5.02. The lowest BCUT2D eigenvalue weighted by molar-refractivity contribution is 0.103. The predicted molar refractivity (Wildman–Crippen MR) is 88.0 cm³/mol. The lowest BCUT2D eigenvalue weighted by atomic mass is 10.1. The number of carbonyl (C=O) groups is 1. The number of aromatic amines is 1. The highest BCUT2D eigenvalue weighted by molar-refractivity contribution is 7.86. The molecule has 24 heavy (non-hydrogen) atoms. The van der Waals surface area contributed by atoms with Gasteiger partial charge in [-0.3, -0.25) is 4.18 Å². The Balaban J connectivity index is 2.02. The maximum absolute atomic E-state index is 12.2. The first kappa shape index (κ1) is 18.5. The molecule has 0 bridgehead atoms. The topological polar surface area (TPSA) is 102 Å². The molecule has 1 N–H and O–H groups in total. The summed E-state index contributed by atoms with van der Waals surface area (Å²) in [5.41, 5.74) is 0.972. The fourth-order valence-corrected chi connectivity index (χ4v) is 3.46. The Kier molecular flexibility index (Phi) is 6.00. The number of aromatic nitrogens is 2. The van der Waals surface area contributed by atoms with Crippen molar-refractivity contribution in [1.29, 1.82) is 0 Å². The zero-order valence-electron chi connectivity index (χ0n) is 13.9. The van der Waals surface area contributed by atoms with Crippen molar-refractivity contribution in [2.24, 2.45) is 0 Å². The van der Waals surface area contributed by atoms with E-state index in [0.29, 0.717) is 19.3 Å². The minimum absolute atomic E-state index is 0.111. The number of likely N-dealkylation sites (tertiary alicyclic amines) is 1. The number of imidazole rings is 1. The largest absolute Gasteiger partial charge is 0.445 e. The van der Waals surface area contributed by atoms with E-state index in [1.807, 2.05) is 6.92 Å². The second-order valence-electron chi connectivity index (χ2n) is 5.86. The summed E-state index contributed by atoms with van der Waals surface area (Å²) in [7, 11) is -3.57.